The molecule has 0 aliphatic rings. The van der Waals surface area contributed by atoms with Crippen molar-refractivity contribution in [3.63, 3.8) is 0 Å². The summed E-state index contributed by atoms with van der Waals surface area (Å²) in [5.41, 5.74) is 1.72. The highest BCUT2D eigenvalue weighted by Gasteiger charge is 2.28. The van der Waals surface area contributed by atoms with Gasteiger partial charge in [0.15, 0.2) is 5.75 Å². The molecule has 5 heteroatoms. The summed E-state index contributed by atoms with van der Waals surface area (Å²) in [7, 11) is 0. The molecule has 0 atom stereocenters. The number of aryl methyl sites for hydroxylation is 2. The molecule has 0 bridgehead atoms. The summed E-state index contributed by atoms with van der Waals surface area (Å²) < 4.78 is 10.7. The van der Waals surface area contributed by atoms with Crippen LogP contribution in [0.15, 0.2) is 12.1 Å². The van der Waals surface area contributed by atoms with Crippen molar-refractivity contribution in [2.75, 3.05) is 18.1 Å². The van der Waals surface area contributed by atoms with Crippen molar-refractivity contribution in [1.82, 2.24) is 0 Å². The topological polar surface area (TPSA) is 55.8 Å². The van der Waals surface area contributed by atoms with Crippen LogP contribution >= 0.6 is 0 Å². The summed E-state index contributed by atoms with van der Waals surface area (Å²) in [4.78, 5) is 25.9. The van der Waals surface area contributed by atoms with Gasteiger partial charge in [0.25, 0.3) is 0 Å². The van der Waals surface area contributed by atoms with Gasteiger partial charge in [0.1, 0.15) is 0 Å². The maximum Gasteiger partial charge on any atom is 0.414 e. The number of rotatable bonds is 4. The summed E-state index contributed by atoms with van der Waals surface area (Å²) in [5, 5.41) is 0. The molecule has 23 heavy (non-hydrogen) atoms. The molecule has 0 saturated carbocycles. The van der Waals surface area contributed by atoms with E-state index in [4.69, 9.17) is 9.47 Å². The first-order valence-corrected chi connectivity index (χ1v) is 7.89. The van der Waals surface area contributed by atoms with Crippen molar-refractivity contribution in [3.05, 3.63) is 23.3 Å². The van der Waals surface area contributed by atoms with Crippen molar-refractivity contribution in [2.45, 2.75) is 48.5 Å². The van der Waals surface area contributed by atoms with Crippen LogP contribution in [0.1, 0.15) is 45.7 Å². The molecule has 1 amide bonds. The van der Waals surface area contributed by atoms with E-state index >= 15 is 0 Å². The van der Waals surface area contributed by atoms with Crippen LogP contribution in [0.5, 0.6) is 5.75 Å². The monoisotopic (exact) mass is 321 g/mol. The first kappa shape index (κ1) is 19.0. The molecule has 0 aliphatic carbocycles. The molecule has 0 spiro atoms. The fourth-order valence-corrected chi connectivity index (χ4v) is 2.11. The van der Waals surface area contributed by atoms with Gasteiger partial charge in [0, 0.05) is 6.54 Å². The number of hydrogen-bond acceptors (Lipinski definition) is 4. The van der Waals surface area contributed by atoms with Crippen LogP contribution in [0.25, 0.3) is 0 Å². The highest BCUT2D eigenvalue weighted by molar-refractivity contribution is 5.91. The van der Waals surface area contributed by atoms with E-state index in [9.17, 15) is 9.59 Å². The van der Waals surface area contributed by atoms with Gasteiger partial charge in [-0.3, -0.25) is 9.69 Å². The van der Waals surface area contributed by atoms with Gasteiger partial charge in [-0.2, -0.15) is 0 Å². The molecule has 1 aromatic carbocycles. The van der Waals surface area contributed by atoms with Gasteiger partial charge in [-0.05, 0) is 65.7 Å². The lowest BCUT2D eigenvalue weighted by Crippen LogP contribution is -2.33. The van der Waals surface area contributed by atoms with Crippen molar-refractivity contribution in [1.29, 1.82) is 0 Å². The van der Waals surface area contributed by atoms with Crippen molar-refractivity contribution >= 4 is 17.7 Å². The van der Waals surface area contributed by atoms with Crippen LogP contribution in [0.4, 0.5) is 10.5 Å². The molecule has 1 aromatic rings. The predicted molar refractivity (Wildman–Crippen MR) is 91.0 cm³/mol. The smallest absolute Gasteiger partial charge is 0.414 e. The summed E-state index contributed by atoms with van der Waals surface area (Å²) in [5.74, 6) is 0.0658. The number of carbonyl (C=O) groups excluding carboxylic acids is 2. The average Bonchev–Trinajstić information content (AvgIpc) is 2.42. The first-order valence-electron chi connectivity index (χ1n) is 7.89. The zero-order chi connectivity index (χ0) is 17.8. The Morgan fingerprint density at radius 1 is 1.13 bits per heavy atom. The van der Waals surface area contributed by atoms with Crippen LogP contribution in [0, 0.1) is 19.3 Å². The van der Waals surface area contributed by atoms with Crippen molar-refractivity contribution in [2.24, 2.45) is 5.41 Å². The van der Waals surface area contributed by atoms with E-state index < -0.39 is 11.5 Å². The van der Waals surface area contributed by atoms with Gasteiger partial charge in [-0.25, -0.2) is 4.79 Å². The Hall–Kier alpha value is -2.04. The summed E-state index contributed by atoms with van der Waals surface area (Å²) >= 11 is 0. The summed E-state index contributed by atoms with van der Waals surface area (Å²) in [6, 6.07) is 3.76. The van der Waals surface area contributed by atoms with Gasteiger partial charge in [0.05, 0.1) is 17.7 Å². The number of carbonyl (C=O) groups is 2. The molecule has 0 radical (unpaired) electrons. The highest BCUT2D eigenvalue weighted by atomic mass is 16.6. The Balaban J connectivity index is 3.34. The third kappa shape index (κ3) is 4.71. The zero-order valence-electron chi connectivity index (χ0n) is 15.1. The molecular formula is C18H27NO4. The van der Waals surface area contributed by atoms with Crippen LogP contribution in [0.3, 0.4) is 0 Å². The maximum atomic E-state index is 12.3. The lowest BCUT2D eigenvalue weighted by molar-refractivity contribution is -0.143. The Bertz CT molecular complexity index is 587. The Labute approximate surface area is 138 Å². The number of amides is 1. The fraction of sp³-hybridized carbons (Fsp3) is 0.556. The number of hydrogen-bond donors (Lipinski definition) is 0. The Morgan fingerprint density at radius 3 is 2.22 bits per heavy atom. The van der Waals surface area contributed by atoms with Crippen molar-refractivity contribution in [3.8, 4) is 5.75 Å². The third-order valence-corrected chi connectivity index (χ3v) is 3.30. The second-order valence-corrected chi connectivity index (χ2v) is 6.51. The van der Waals surface area contributed by atoms with Crippen molar-refractivity contribution < 1.29 is 19.1 Å². The maximum absolute atomic E-state index is 12.3. The van der Waals surface area contributed by atoms with E-state index in [1.54, 1.807) is 27.7 Å². The second-order valence-electron chi connectivity index (χ2n) is 6.51. The standard InChI is InChI=1S/C18H27NO4/c1-8-19(17(21)22-9-2)14-11-12(3)10-13(4)15(14)23-16(20)18(5,6)7/h10-11H,8-9H2,1-7H3. The predicted octanol–water partition coefficient (Wildman–Crippen LogP) is 4.24. The molecule has 1 rings (SSSR count). The molecule has 0 aromatic heterocycles. The first-order chi connectivity index (χ1) is 10.6. The number of esters is 1. The molecule has 0 unspecified atom stereocenters. The van der Waals surface area contributed by atoms with Crippen LogP contribution in [0.2, 0.25) is 0 Å². The molecule has 0 N–H and O–H groups in total. The zero-order valence-corrected chi connectivity index (χ0v) is 15.1. The van der Waals surface area contributed by atoms with E-state index in [1.165, 1.54) is 4.90 Å². The lowest BCUT2D eigenvalue weighted by atomic mass is 9.97. The number of anilines is 1. The van der Waals surface area contributed by atoms with E-state index in [2.05, 4.69) is 0 Å². The Morgan fingerprint density at radius 2 is 1.74 bits per heavy atom. The number of benzene rings is 1. The third-order valence-electron chi connectivity index (χ3n) is 3.30. The van der Waals surface area contributed by atoms with E-state index in [0.29, 0.717) is 18.0 Å². The van der Waals surface area contributed by atoms with Crippen LogP contribution in [-0.2, 0) is 9.53 Å². The molecule has 0 heterocycles. The minimum atomic E-state index is -0.629. The van der Waals surface area contributed by atoms with Gasteiger partial charge >= 0.3 is 12.1 Å². The molecule has 5 nitrogen and oxygen atoms in total. The summed E-state index contributed by atoms with van der Waals surface area (Å²) in [6.07, 6.45) is -0.451. The van der Waals surface area contributed by atoms with E-state index in [0.717, 1.165) is 11.1 Å². The Kier molecular flexibility index (Phi) is 6.19. The molecule has 0 fully saturated rings. The van der Waals surface area contributed by atoms with E-state index in [1.807, 2.05) is 32.9 Å². The fourth-order valence-electron chi connectivity index (χ4n) is 2.11. The van der Waals surface area contributed by atoms with Gasteiger partial charge < -0.3 is 9.47 Å². The van der Waals surface area contributed by atoms with Crippen LogP contribution in [-0.4, -0.2) is 25.2 Å². The summed E-state index contributed by atoms with van der Waals surface area (Å²) in [6.45, 7) is 13.5. The SMILES string of the molecule is CCOC(=O)N(CC)c1cc(C)cc(C)c1OC(=O)C(C)(C)C. The van der Waals surface area contributed by atoms with Gasteiger partial charge in [-0.15, -0.1) is 0 Å². The average molecular weight is 321 g/mol. The highest BCUT2D eigenvalue weighted by Crippen LogP contribution is 2.35. The second kappa shape index (κ2) is 7.49. The molecule has 0 aliphatic heterocycles. The molecule has 128 valence electrons. The van der Waals surface area contributed by atoms with Gasteiger partial charge in [0.2, 0.25) is 0 Å². The molecule has 0 saturated heterocycles. The lowest BCUT2D eigenvalue weighted by Gasteiger charge is -2.25. The van der Waals surface area contributed by atoms with E-state index in [-0.39, 0.29) is 12.6 Å². The molecular weight excluding hydrogens is 294 g/mol. The normalized spacial score (nSPS) is 11.1. The van der Waals surface area contributed by atoms with Gasteiger partial charge in [-0.1, -0.05) is 6.07 Å². The largest absolute Gasteiger partial charge is 0.449 e. The van der Waals surface area contributed by atoms with Crippen LogP contribution < -0.4 is 9.64 Å². The number of ether oxygens (including phenoxy) is 2. The minimum Gasteiger partial charge on any atom is -0.449 e. The number of nitrogens with zero attached hydrogens (tertiary/aromatic N) is 1. The minimum absolute atomic E-state index is 0.289. The quantitative estimate of drug-likeness (QED) is 0.615.